The first-order valence-electron chi connectivity index (χ1n) is 6.11. The van der Waals surface area contributed by atoms with Gasteiger partial charge < -0.3 is 4.74 Å². The summed E-state index contributed by atoms with van der Waals surface area (Å²) in [5.41, 5.74) is 3.37. The summed E-state index contributed by atoms with van der Waals surface area (Å²) in [5, 5.41) is 0.723. The lowest BCUT2D eigenvalue weighted by Crippen LogP contribution is -1.98. The molecule has 0 spiro atoms. The zero-order valence-corrected chi connectivity index (χ0v) is 15.8. The molecule has 1 unspecified atom stereocenters. The molecular weight excluding hydrogens is 471 g/mol. The van der Waals surface area contributed by atoms with Gasteiger partial charge in [0.2, 0.25) is 0 Å². The molecule has 0 aliphatic carbocycles. The smallest absolute Gasteiger partial charge is 0.127 e. The second-order valence-electron chi connectivity index (χ2n) is 4.59. The summed E-state index contributed by atoms with van der Waals surface area (Å²) in [6.07, 6.45) is 0.952. The van der Waals surface area contributed by atoms with Crippen molar-refractivity contribution in [2.75, 3.05) is 6.61 Å². The van der Waals surface area contributed by atoms with E-state index in [0.717, 1.165) is 43.9 Å². The fourth-order valence-electron chi connectivity index (χ4n) is 2.37. The Bertz CT molecular complexity index is 672. The highest BCUT2D eigenvalue weighted by atomic mass is 79.9. The molecule has 0 bridgehead atoms. The number of halogens is 4. The summed E-state index contributed by atoms with van der Waals surface area (Å²) < 4.78 is 7.75. The van der Waals surface area contributed by atoms with Gasteiger partial charge in [-0.25, -0.2) is 0 Å². The van der Waals surface area contributed by atoms with Crippen molar-refractivity contribution in [3.8, 4) is 5.75 Å². The van der Waals surface area contributed by atoms with Gasteiger partial charge in [-0.2, -0.15) is 0 Å². The van der Waals surface area contributed by atoms with Crippen LogP contribution in [-0.2, 0) is 6.42 Å². The van der Waals surface area contributed by atoms with Gasteiger partial charge in [0.1, 0.15) is 5.75 Å². The Morgan fingerprint density at radius 3 is 2.75 bits per heavy atom. The fraction of sp³-hybridized carbons (Fsp3) is 0.200. The Morgan fingerprint density at radius 1 is 1.15 bits per heavy atom. The monoisotopic (exact) mass is 478 g/mol. The van der Waals surface area contributed by atoms with Crippen LogP contribution in [0.2, 0.25) is 5.02 Å². The average Bonchev–Trinajstić information content (AvgIpc) is 2.88. The van der Waals surface area contributed by atoms with Crippen molar-refractivity contribution in [1.29, 1.82) is 0 Å². The third-order valence-electron chi connectivity index (χ3n) is 3.30. The molecule has 1 aliphatic heterocycles. The maximum absolute atomic E-state index is 6.40. The molecule has 0 aromatic heterocycles. The maximum Gasteiger partial charge on any atom is 0.127 e. The molecule has 0 fully saturated rings. The van der Waals surface area contributed by atoms with Crippen LogP contribution in [0.3, 0.4) is 0 Å². The molecule has 1 nitrogen and oxygen atoms in total. The van der Waals surface area contributed by atoms with Crippen molar-refractivity contribution >= 4 is 59.4 Å². The van der Waals surface area contributed by atoms with Gasteiger partial charge in [0.15, 0.2) is 0 Å². The van der Waals surface area contributed by atoms with Crippen molar-refractivity contribution < 1.29 is 4.74 Å². The van der Waals surface area contributed by atoms with E-state index in [-0.39, 0.29) is 4.83 Å². The van der Waals surface area contributed by atoms with Gasteiger partial charge in [-0.3, -0.25) is 0 Å². The SMILES string of the molecule is Clc1c(Br)cccc1C(Br)c1cc(Br)cc2c1OCC2. The van der Waals surface area contributed by atoms with Crippen LogP contribution in [0.1, 0.15) is 21.5 Å². The maximum atomic E-state index is 6.40. The van der Waals surface area contributed by atoms with Crippen LogP contribution in [-0.4, -0.2) is 6.61 Å². The number of alkyl halides is 1. The van der Waals surface area contributed by atoms with Crippen molar-refractivity contribution in [1.82, 2.24) is 0 Å². The van der Waals surface area contributed by atoms with Gasteiger partial charge >= 0.3 is 0 Å². The lowest BCUT2D eigenvalue weighted by molar-refractivity contribution is 0.354. The van der Waals surface area contributed by atoms with Gasteiger partial charge in [-0.15, -0.1) is 0 Å². The predicted octanol–water partition coefficient (Wildman–Crippen LogP) is 6.28. The van der Waals surface area contributed by atoms with E-state index in [1.165, 1.54) is 5.56 Å². The first-order valence-corrected chi connectivity index (χ1v) is 8.99. The molecule has 1 atom stereocenters. The Kier molecular flexibility index (Phi) is 4.46. The molecule has 3 rings (SSSR count). The molecule has 20 heavy (non-hydrogen) atoms. The Labute approximate surface area is 148 Å². The summed E-state index contributed by atoms with van der Waals surface area (Å²) >= 11 is 17.2. The Morgan fingerprint density at radius 2 is 1.95 bits per heavy atom. The van der Waals surface area contributed by atoms with Crippen LogP contribution < -0.4 is 4.74 Å². The van der Waals surface area contributed by atoms with Crippen LogP contribution in [0.4, 0.5) is 0 Å². The largest absolute Gasteiger partial charge is 0.493 e. The molecule has 0 saturated carbocycles. The van der Waals surface area contributed by atoms with Gasteiger partial charge in [0.05, 0.1) is 16.5 Å². The van der Waals surface area contributed by atoms with Crippen molar-refractivity contribution in [3.05, 3.63) is 61.0 Å². The van der Waals surface area contributed by atoms with E-state index in [2.05, 4.69) is 59.9 Å². The molecule has 104 valence electrons. The highest BCUT2D eigenvalue weighted by Gasteiger charge is 2.24. The minimum absolute atomic E-state index is 0.00292. The highest BCUT2D eigenvalue weighted by molar-refractivity contribution is 9.11. The minimum atomic E-state index is -0.00292. The number of benzene rings is 2. The van der Waals surface area contributed by atoms with Gasteiger partial charge in [-0.1, -0.05) is 55.6 Å². The van der Waals surface area contributed by atoms with E-state index >= 15 is 0 Å². The third-order valence-corrected chi connectivity index (χ3v) is 6.06. The van der Waals surface area contributed by atoms with E-state index in [0.29, 0.717) is 0 Å². The van der Waals surface area contributed by atoms with Crippen molar-refractivity contribution in [2.24, 2.45) is 0 Å². The third kappa shape index (κ3) is 2.68. The molecule has 0 N–H and O–H groups in total. The van der Waals surface area contributed by atoms with Crippen LogP contribution in [0.25, 0.3) is 0 Å². The number of rotatable bonds is 2. The summed E-state index contributed by atoms with van der Waals surface area (Å²) in [7, 11) is 0. The van der Waals surface area contributed by atoms with Gasteiger partial charge in [0.25, 0.3) is 0 Å². The lowest BCUT2D eigenvalue weighted by Gasteiger charge is -2.17. The molecule has 0 saturated heterocycles. The number of hydrogen-bond acceptors (Lipinski definition) is 1. The quantitative estimate of drug-likeness (QED) is 0.459. The van der Waals surface area contributed by atoms with E-state index in [1.807, 2.05) is 18.2 Å². The Hall–Kier alpha value is -0.0300. The van der Waals surface area contributed by atoms with Gasteiger partial charge in [-0.05, 0) is 45.3 Å². The van der Waals surface area contributed by atoms with E-state index < -0.39 is 0 Å². The topological polar surface area (TPSA) is 9.23 Å². The second kappa shape index (κ2) is 5.99. The van der Waals surface area contributed by atoms with Crippen LogP contribution in [0.5, 0.6) is 5.75 Å². The zero-order chi connectivity index (χ0) is 14.3. The standard InChI is InChI=1S/C15H10Br3ClO/c16-9-6-8-4-5-20-15(8)11(7-9)13(18)10-2-1-3-12(17)14(10)19/h1-3,6-7,13H,4-5H2. The zero-order valence-electron chi connectivity index (χ0n) is 10.3. The lowest BCUT2D eigenvalue weighted by atomic mass is 10.0. The Balaban J connectivity index is 2.11. The number of fused-ring (bicyclic) bond motifs is 1. The van der Waals surface area contributed by atoms with Crippen LogP contribution in [0.15, 0.2) is 39.3 Å². The molecule has 2 aromatic rings. The average molecular weight is 481 g/mol. The summed E-state index contributed by atoms with van der Waals surface area (Å²) in [4.78, 5) is -0.00292. The summed E-state index contributed by atoms with van der Waals surface area (Å²) in [6.45, 7) is 0.741. The molecule has 1 aliphatic rings. The van der Waals surface area contributed by atoms with E-state index in [4.69, 9.17) is 16.3 Å². The summed E-state index contributed by atoms with van der Waals surface area (Å²) in [6, 6.07) is 10.1. The second-order valence-corrected chi connectivity index (χ2v) is 7.65. The predicted molar refractivity (Wildman–Crippen MR) is 93.3 cm³/mol. The molecule has 2 aromatic carbocycles. The van der Waals surface area contributed by atoms with Gasteiger partial charge in [0, 0.05) is 20.9 Å². The normalized spacial score (nSPS) is 14.8. The fourth-order valence-corrected chi connectivity index (χ4v) is 4.36. The molecular formula is C15H10Br3ClO. The van der Waals surface area contributed by atoms with Crippen LogP contribution in [0, 0.1) is 0 Å². The molecule has 1 heterocycles. The van der Waals surface area contributed by atoms with Crippen molar-refractivity contribution in [2.45, 2.75) is 11.2 Å². The molecule has 0 radical (unpaired) electrons. The molecule has 5 heteroatoms. The number of hydrogen-bond donors (Lipinski definition) is 0. The van der Waals surface area contributed by atoms with E-state index in [9.17, 15) is 0 Å². The summed E-state index contributed by atoms with van der Waals surface area (Å²) in [5.74, 6) is 0.978. The molecule has 0 amide bonds. The first-order chi connectivity index (χ1) is 9.58. The van der Waals surface area contributed by atoms with E-state index in [1.54, 1.807) is 0 Å². The number of ether oxygens (including phenoxy) is 1. The minimum Gasteiger partial charge on any atom is -0.493 e. The van der Waals surface area contributed by atoms with Crippen molar-refractivity contribution in [3.63, 3.8) is 0 Å². The first kappa shape index (κ1) is 14.9. The van der Waals surface area contributed by atoms with Crippen LogP contribution >= 0.6 is 59.4 Å². The highest BCUT2D eigenvalue weighted by Crippen LogP contribution is 2.45.